The van der Waals surface area contributed by atoms with Gasteiger partial charge in [-0.05, 0) is 18.1 Å². The van der Waals surface area contributed by atoms with Gasteiger partial charge < -0.3 is 0 Å². The zero-order chi connectivity index (χ0) is 15.4. The van der Waals surface area contributed by atoms with Crippen LogP contribution in [0.25, 0.3) is 11.1 Å². The molecule has 0 radical (unpaired) electrons. The molecule has 0 amide bonds. The summed E-state index contributed by atoms with van der Waals surface area (Å²) < 4.78 is 0. The first-order chi connectivity index (χ1) is 10.8. The van der Waals surface area contributed by atoms with Gasteiger partial charge >= 0.3 is 0 Å². The first kappa shape index (κ1) is 14.6. The Morgan fingerprint density at radius 1 is 0.773 bits per heavy atom. The van der Waals surface area contributed by atoms with E-state index in [9.17, 15) is 0 Å². The Balaban J connectivity index is 2.11. The minimum Gasteiger partial charge on any atom is -0.235 e. The van der Waals surface area contributed by atoms with Crippen molar-refractivity contribution in [3.8, 4) is 11.1 Å². The average Bonchev–Trinajstić information content (AvgIpc) is 2.58. The highest BCUT2D eigenvalue weighted by Crippen LogP contribution is 2.33. The number of hydrogen-bond acceptors (Lipinski definition) is 1. The van der Waals surface area contributed by atoms with E-state index in [1.165, 1.54) is 0 Å². The lowest BCUT2D eigenvalue weighted by atomic mass is 10.0. The van der Waals surface area contributed by atoms with Gasteiger partial charge in [-0.25, -0.2) is 4.99 Å². The van der Waals surface area contributed by atoms with Gasteiger partial charge in [0, 0.05) is 11.1 Å². The summed E-state index contributed by atoms with van der Waals surface area (Å²) in [5.41, 5.74) is 5.18. The number of hydrogen-bond donors (Lipinski definition) is 0. The highest BCUT2D eigenvalue weighted by atomic mass is 35.5. The Morgan fingerprint density at radius 3 is 2.09 bits per heavy atom. The molecule has 0 spiro atoms. The van der Waals surface area contributed by atoms with E-state index in [0.717, 1.165) is 27.9 Å². The van der Waals surface area contributed by atoms with Crippen LogP contribution in [-0.2, 0) is 0 Å². The molecule has 3 rings (SSSR count). The number of halogens is 1. The molecule has 3 aromatic carbocycles. The van der Waals surface area contributed by atoms with Crippen molar-refractivity contribution in [3.05, 3.63) is 90.0 Å². The van der Waals surface area contributed by atoms with Gasteiger partial charge in [0.25, 0.3) is 0 Å². The monoisotopic (exact) mass is 305 g/mol. The summed E-state index contributed by atoms with van der Waals surface area (Å²) in [7, 11) is 0. The first-order valence-electron chi connectivity index (χ1n) is 7.20. The van der Waals surface area contributed by atoms with Gasteiger partial charge in [-0.1, -0.05) is 90.5 Å². The minimum absolute atomic E-state index is 0.507. The lowest BCUT2D eigenvalue weighted by Gasteiger charge is -2.10. The summed E-state index contributed by atoms with van der Waals surface area (Å²) in [5, 5.41) is 0.507. The summed E-state index contributed by atoms with van der Waals surface area (Å²) >= 11 is 6.42. The SMILES string of the molecule is Cc1cccc(-c2ccccc2)c1N=C(Cl)c1ccccc1. The van der Waals surface area contributed by atoms with Crippen LogP contribution in [0, 0.1) is 6.92 Å². The molecule has 0 aliphatic rings. The second kappa shape index (κ2) is 6.59. The second-order valence-corrected chi connectivity index (χ2v) is 5.46. The fraction of sp³-hybridized carbons (Fsp3) is 0.0500. The maximum Gasteiger partial charge on any atom is 0.136 e. The van der Waals surface area contributed by atoms with Crippen LogP contribution in [0.1, 0.15) is 11.1 Å². The van der Waals surface area contributed by atoms with E-state index >= 15 is 0 Å². The Labute approximate surface area is 135 Å². The van der Waals surface area contributed by atoms with Crippen molar-refractivity contribution in [2.45, 2.75) is 6.92 Å². The van der Waals surface area contributed by atoms with Crippen LogP contribution in [-0.4, -0.2) is 5.17 Å². The Hall–Kier alpha value is -2.38. The molecule has 0 fully saturated rings. The molecule has 0 atom stereocenters. The van der Waals surface area contributed by atoms with E-state index in [1.807, 2.05) is 54.6 Å². The van der Waals surface area contributed by atoms with Crippen molar-refractivity contribution in [1.82, 2.24) is 0 Å². The molecule has 22 heavy (non-hydrogen) atoms. The van der Waals surface area contributed by atoms with Crippen LogP contribution in [0.3, 0.4) is 0 Å². The Kier molecular flexibility index (Phi) is 4.36. The normalized spacial score (nSPS) is 11.5. The zero-order valence-electron chi connectivity index (χ0n) is 12.3. The molecule has 0 aromatic heterocycles. The lowest BCUT2D eigenvalue weighted by Crippen LogP contribution is -1.91. The zero-order valence-corrected chi connectivity index (χ0v) is 13.1. The molecule has 0 N–H and O–H groups in total. The standard InChI is InChI=1S/C20H16ClN/c1-15-9-8-14-18(16-10-4-2-5-11-16)19(15)22-20(21)17-12-6-3-7-13-17/h2-14H,1H3. The number of nitrogens with zero attached hydrogens (tertiary/aromatic N) is 1. The largest absolute Gasteiger partial charge is 0.235 e. The topological polar surface area (TPSA) is 12.4 Å². The van der Waals surface area contributed by atoms with Crippen molar-refractivity contribution in [2.75, 3.05) is 0 Å². The van der Waals surface area contributed by atoms with E-state index < -0.39 is 0 Å². The maximum atomic E-state index is 6.42. The van der Waals surface area contributed by atoms with Gasteiger partial charge in [-0.15, -0.1) is 0 Å². The van der Waals surface area contributed by atoms with Gasteiger partial charge in [0.15, 0.2) is 0 Å². The summed E-state index contributed by atoms with van der Waals surface area (Å²) in [5.74, 6) is 0. The van der Waals surface area contributed by atoms with Gasteiger partial charge in [-0.3, -0.25) is 0 Å². The van der Waals surface area contributed by atoms with E-state index in [2.05, 4.69) is 36.2 Å². The van der Waals surface area contributed by atoms with E-state index in [-0.39, 0.29) is 0 Å². The molecular formula is C20H16ClN. The predicted molar refractivity (Wildman–Crippen MR) is 95.1 cm³/mol. The molecule has 0 aliphatic heterocycles. The summed E-state index contributed by atoms with van der Waals surface area (Å²) in [4.78, 5) is 4.69. The summed E-state index contributed by atoms with van der Waals surface area (Å²) in [6.45, 7) is 2.06. The molecule has 0 saturated carbocycles. The van der Waals surface area contributed by atoms with Crippen LogP contribution in [0.4, 0.5) is 5.69 Å². The predicted octanol–water partition coefficient (Wildman–Crippen LogP) is 5.98. The third-order valence-corrected chi connectivity index (χ3v) is 3.85. The lowest BCUT2D eigenvalue weighted by molar-refractivity contribution is 1.40. The smallest absolute Gasteiger partial charge is 0.136 e. The molecule has 0 saturated heterocycles. The van der Waals surface area contributed by atoms with Crippen LogP contribution < -0.4 is 0 Å². The first-order valence-corrected chi connectivity index (χ1v) is 7.58. The number of para-hydroxylation sites is 1. The van der Waals surface area contributed by atoms with Crippen molar-refractivity contribution in [1.29, 1.82) is 0 Å². The highest BCUT2D eigenvalue weighted by molar-refractivity contribution is 6.69. The quantitative estimate of drug-likeness (QED) is 0.528. The van der Waals surface area contributed by atoms with Crippen molar-refractivity contribution >= 4 is 22.5 Å². The van der Waals surface area contributed by atoms with Gasteiger partial charge in [-0.2, -0.15) is 0 Å². The average molecular weight is 306 g/mol. The highest BCUT2D eigenvalue weighted by Gasteiger charge is 2.08. The fourth-order valence-electron chi connectivity index (χ4n) is 2.40. The maximum absolute atomic E-state index is 6.42. The van der Waals surface area contributed by atoms with Crippen molar-refractivity contribution in [2.24, 2.45) is 4.99 Å². The van der Waals surface area contributed by atoms with Crippen LogP contribution in [0.15, 0.2) is 83.9 Å². The number of benzene rings is 3. The van der Waals surface area contributed by atoms with Crippen LogP contribution in [0.5, 0.6) is 0 Å². The Morgan fingerprint density at radius 2 is 1.41 bits per heavy atom. The number of rotatable bonds is 3. The third-order valence-electron chi connectivity index (χ3n) is 3.54. The van der Waals surface area contributed by atoms with Gasteiger partial charge in [0.1, 0.15) is 5.17 Å². The summed E-state index contributed by atoms with van der Waals surface area (Å²) in [6, 6.07) is 26.3. The molecule has 0 heterocycles. The molecule has 108 valence electrons. The van der Waals surface area contributed by atoms with Gasteiger partial charge in [0.05, 0.1) is 5.69 Å². The molecule has 3 aromatic rings. The molecule has 0 unspecified atom stereocenters. The van der Waals surface area contributed by atoms with Crippen molar-refractivity contribution < 1.29 is 0 Å². The molecule has 1 nitrogen and oxygen atoms in total. The van der Waals surface area contributed by atoms with Crippen LogP contribution >= 0.6 is 11.6 Å². The van der Waals surface area contributed by atoms with Gasteiger partial charge in [0.2, 0.25) is 0 Å². The van der Waals surface area contributed by atoms with Crippen molar-refractivity contribution in [3.63, 3.8) is 0 Å². The second-order valence-electron chi connectivity index (χ2n) is 5.11. The van der Waals surface area contributed by atoms with E-state index in [1.54, 1.807) is 0 Å². The van der Waals surface area contributed by atoms with E-state index in [0.29, 0.717) is 5.17 Å². The van der Waals surface area contributed by atoms with E-state index in [4.69, 9.17) is 11.6 Å². The molecule has 0 aliphatic carbocycles. The minimum atomic E-state index is 0.507. The van der Waals surface area contributed by atoms with Crippen LogP contribution in [0.2, 0.25) is 0 Å². The molecular weight excluding hydrogens is 290 g/mol. The number of aliphatic imine (C=N–C) groups is 1. The fourth-order valence-corrected chi connectivity index (χ4v) is 2.61. The molecule has 0 bridgehead atoms. The number of aryl methyl sites for hydroxylation is 1. The molecule has 2 heteroatoms. The summed E-state index contributed by atoms with van der Waals surface area (Å²) in [6.07, 6.45) is 0. The Bertz CT molecular complexity index is 792. The third kappa shape index (κ3) is 3.10.